The molecular weight excluding hydrogens is 307 g/mol. The molecular formula is C16H14Cl2N2O. The van der Waals surface area contributed by atoms with Gasteiger partial charge in [-0.1, -0.05) is 29.3 Å². The van der Waals surface area contributed by atoms with E-state index in [1.54, 1.807) is 18.3 Å². The van der Waals surface area contributed by atoms with Crippen LogP contribution < -0.4 is 4.74 Å². The molecule has 1 aromatic carbocycles. The summed E-state index contributed by atoms with van der Waals surface area (Å²) < 4.78 is 5.87. The van der Waals surface area contributed by atoms with Gasteiger partial charge in [0.25, 0.3) is 0 Å². The zero-order chi connectivity index (χ0) is 15.0. The molecule has 21 heavy (non-hydrogen) atoms. The first-order chi connectivity index (χ1) is 10.1. The van der Waals surface area contributed by atoms with Crippen molar-refractivity contribution in [2.45, 2.75) is 20.5 Å². The summed E-state index contributed by atoms with van der Waals surface area (Å²) in [4.78, 5) is 7.57. The third-order valence-electron chi connectivity index (χ3n) is 3.59. The summed E-state index contributed by atoms with van der Waals surface area (Å²) in [7, 11) is 0. The molecule has 0 aliphatic carbocycles. The molecule has 2 aromatic heterocycles. The maximum Gasteiger partial charge on any atom is 0.162 e. The van der Waals surface area contributed by atoms with Crippen LogP contribution in [0.2, 0.25) is 10.0 Å². The maximum absolute atomic E-state index is 6.16. The van der Waals surface area contributed by atoms with Crippen molar-refractivity contribution < 1.29 is 4.74 Å². The number of aryl methyl sites for hydroxylation is 2. The van der Waals surface area contributed by atoms with Gasteiger partial charge < -0.3 is 9.72 Å². The number of halogens is 2. The van der Waals surface area contributed by atoms with E-state index in [2.05, 4.69) is 16.9 Å². The first-order valence-corrected chi connectivity index (χ1v) is 7.31. The van der Waals surface area contributed by atoms with Gasteiger partial charge in [0.1, 0.15) is 6.61 Å². The second kappa shape index (κ2) is 5.58. The molecule has 0 unspecified atom stereocenters. The minimum absolute atomic E-state index is 0.369. The zero-order valence-corrected chi connectivity index (χ0v) is 13.2. The quantitative estimate of drug-likeness (QED) is 0.732. The number of nitrogens with zero attached hydrogens (tertiary/aromatic N) is 1. The van der Waals surface area contributed by atoms with Gasteiger partial charge in [0, 0.05) is 32.9 Å². The predicted octanol–water partition coefficient (Wildman–Crippen LogP) is 5.07. The largest absolute Gasteiger partial charge is 0.485 e. The number of aromatic nitrogens is 2. The summed E-state index contributed by atoms with van der Waals surface area (Å²) in [6, 6.07) is 5.38. The third kappa shape index (κ3) is 2.71. The molecule has 0 aliphatic heterocycles. The van der Waals surface area contributed by atoms with Crippen LogP contribution in [0, 0.1) is 13.8 Å². The Morgan fingerprint density at radius 1 is 1.19 bits per heavy atom. The van der Waals surface area contributed by atoms with Gasteiger partial charge in [-0.05, 0) is 31.5 Å². The van der Waals surface area contributed by atoms with E-state index < -0.39 is 0 Å². The van der Waals surface area contributed by atoms with Gasteiger partial charge in [-0.3, -0.25) is 4.98 Å². The van der Waals surface area contributed by atoms with Gasteiger partial charge in [0.05, 0.1) is 11.7 Å². The Morgan fingerprint density at radius 2 is 2.00 bits per heavy atom. The standard InChI is InChI=1S/C16H14Cl2N2O/c1-9-10(2)20-16-13(9)6-19-7-15(16)21-8-11-3-4-12(17)5-14(11)18/h3-7,20H,8H2,1-2H3. The van der Waals surface area contributed by atoms with Gasteiger partial charge in [0.2, 0.25) is 0 Å². The van der Waals surface area contributed by atoms with Crippen molar-refractivity contribution in [3.05, 3.63) is 57.5 Å². The van der Waals surface area contributed by atoms with E-state index in [0.29, 0.717) is 16.7 Å². The molecule has 3 rings (SSSR count). The van der Waals surface area contributed by atoms with E-state index in [9.17, 15) is 0 Å². The summed E-state index contributed by atoms with van der Waals surface area (Å²) in [5.41, 5.74) is 4.16. The minimum Gasteiger partial charge on any atom is -0.485 e. The summed E-state index contributed by atoms with van der Waals surface area (Å²) in [6.07, 6.45) is 3.55. The summed E-state index contributed by atoms with van der Waals surface area (Å²) in [6.45, 7) is 4.47. The van der Waals surface area contributed by atoms with Crippen LogP contribution in [0.25, 0.3) is 10.9 Å². The minimum atomic E-state index is 0.369. The molecule has 0 bridgehead atoms. The second-order valence-electron chi connectivity index (χ2n) is 4.96. The fourth-order valence-electron chi connectivity index (χ4n) is 2.24. The van der Waals surface area contributed by atoms with Crippen molar-refractivity contribution in [3.63, 3.8) is 0 Å². The number of pyridine rings is 1. The monoisotopic (exact) mass is 320 g/mol. The Kier molecular flexibility index (Phi) is 3.79. The van der Waals surface area contributed by atoms with Gasteiger partial charge in [-0.2, -0.15) is 0 Å². The number of hydrogen-bond donors (Lipinski definition) is 1. The number of aromatic amines is 1. The number of H-pyrrole nitrogens is 1. The first-order valence-electron chi connectivity index (χ1n) is 6.56. The van der Waals surface area contributed by atoms with Crippen LogP contribution in [0.5, 0.6) is 5.75 Å². The molecule has 0 saturated heterocycles. The Hall–Kier alpha value is -1.71. The highest BCUT2D eigenvalue weighted by atomic mass is 35.5. The van der Waals surface area contributed by atoms with Crippen LogP contribution in [-0.2, 0) is 6.61 Å². The van der Waals surface area contributed by atoms with Gasteiger partial charge in [-0.25, -0.2) is 0 Å². The van der Waals surface area contributed by atoms with Crippen molar-refractivity contribution in [2.75, 3.05) is 0 Å². The van der Waals surface area contributed by atoms with Crippen LogP contribution >= 0.6 is 23.2 Å². The van der Waals surface area contributed by atoms with E-state index >= 15 is 0 Å². The number of benzene rings is 1. The van der Waals surface area contributed by atoms with Crippen molar-refractivity contribution in [3.8, 4) is 5.75 Å². The number of rotatable bonds is 3. The average Bonchev–Trinajstić information content (AvgIpc) is 2.74. The van der Waals surface area contributed by atoms with E-state index in [0.717, 1.165) is 27.9 Å². The number of nitrogens with one attached hydrogen (secondary N) is 1. The van der Waals surface area contributed by atoms with Crippen LogP contribution in [0.15, 0.2) is 30.6 Å². The summed E-state index contributed by atoms with van der Waals surface area (Å²) in [5.74, 6) is 0.717. The van der Waals surface area contributed by atoms with Crippen LogP contribution in [0.3, 0.4) is 0 Å². The van der Waals surface area contributed by atoms with Crippen molar-refractivity contribution >= 4 is 34.1 Å². The van der Waals surface area contributed by atoms with Crippen LogP contribution in [-0.4, -0.2) is 9.97 Å². The van der Waals surface area contributed by atoms with E-state index in [-0.39, 0.29) is 0 Å². The second-order valence-corrected chi connectivity index (χ2v) is 5.80. The molecule has 1 N–H and O–H groups in total. The third-order valence-corrected chi connectivity index (χ3v) is 4.18. The highest BCUT2D eigenvalue weighted by Gasteiger charge is 2.10. The fourth-order valence-corrected chi connectivity index (χ4v) is 2.70. The molecule has 0 fully saturated rings. The van der Waals surface area contributed by atoms with Gasteiger partial charge in [-0.15, -0.1) is 0 Å². The van der Waals surface area contributed by atoms with Crippen LogP contribution in [0.4, 0.5) is 0 Å². The molecule has 0 spiro atoms. The lowest BCUT2D eigenvalue weighted by Gasteiger charge is -2.08. The van der Waals surface area contributed by atoms with Crippen molar-refractivity contribution in [2.24, 2.45) is 0 Å². The lowest BCUT2D eigenvalue weighted by molar-refractivity contribution is 0.308. The highest BCUT2D eigenvalue weighted by Crippen LogP contribution is 2.29. The smallest absolute Gasteiger partial charge is 0.162 e. The topological polar surface area (TPSA) is 37.9 Å². The molecule has 0 aliphatic rings. The Labute approximate surface area is 132 Å². The number of hydrogen-bond acceptors (Lipinski definition) is 2. The molecule has 0 amide bonds. The molecule has 3 nitrogen and oxygen atoms in total. The molecule has 108 valence electrons. The zero-order valence-electron chi connectivity index (χ0n) is 11.7. The fraction of sp³-hybridized carbons (Fsp3) is 0.188. The van der Waals surface area contributed by atoms with Crippen molar-refractivity contribution in [1.29, 1.82) is 0 Å². The van der Waals surface area contributed by atoms with Crippen LogP contribution in [0.1, 0.15) is 16.8 Å². The normalized spacial score (nSPS) is 11.0. The first kappa shape index (κ1) is 14.2. The number of ether oxygens (including phenoxy) is 1. The molecule has 3 aromatic rings. The highest BCUT2D eigenvalue weighted by molar-refractivity contribution is 6.35. The van der Waals surface area contributed by atoms with E-state index in [1.165, 1.54) is 5.56 Å². The molecule has 0 saturated carbocycles. The van der Waals surface area contributed by atoms with Gasteiger partial charge >= 0.3 is 0 Å². The van der Waals surface area contributed by atoms with Crippen molar-refractivity contribution in [1.82, 2.24) is 9.97 Å². The Morgan fingerprint density at radius 3 is 2.76 bits per heavy atom. The molecule has 2 heterocycles. The molecule has 0 radical (unpaired) electrons. The number of fused-ring (bicyclic) bond motifs is 1. The molecule has 5 heteroatoms. The Bertz CT molecular complexity index is 811. The molecule has 0 atom stereocenters. The van der Waals surface area contributed by atoms with Gasteiger partial charge in [0.15, 0.2) is 5.75 Å². The SMILES string of the molecule is Cc1[nH]c2c(OCc3ccc(Cl)cc3Cl)cncc2c1C. The lowest BCUT2D eigenvalue weighted by atomic mass is 10.2. The predicted molar refractivity (Wildman–Crippen MR) is 86.4 cm³/mol. The lowest BCUT2D eigenvalue weighted by Crippen LogP contribution is -1.97. The summed E-state index contributed by atoms with van der Waals surface area (Å²) >= 11 is 12.0. The maximum atomic E-state index is 6.16. The van der Waals surface area contributed by atoms with E-state index in [4.69, 9.17) is 27.9 Å². The Balaban J connectivity index is 1.90. The van der Waals surface area contributed by atoms with E-state index in [1.807, 2.05) is 19.2 Å². The summed E-state index contributed by atoms with van der Waals surface area (Å²) in [5, 5.41) is 2.29. The average molecular weight is 321 g/mol.